The van der Waals surface area contributed by atoms with Crippen molar-refractivity contribution in [2.75, 3.05) is 26.4 Å². The fourth-order valence-electron chi connectivity index (χ4n) is 5.65. The molecule has 0 spiro atoms. The fourth-order valence-corrected chi connectivity index (χ4v) is 5.65. The van der Waals surface area contributed by atoms with Gasteiger partial charge in [-0.05, 0) is 87.3 Å². The maximum atomic E-state index is 13.4. The molecular weight excluding hydrogens is 610 g/mol. The van der Waals surface area contributed by atoms with Crippen molar-refractivity contribution in [3.8, 4) is 0 Å². The molecule has 10 nitrogen and oxygen atoms in total. The molecule has 1 unspecified atom stereocenters. The SMILES string of the molecule is CCOC(=O)C1=C(C)NC(C)=C(C(=O)OCCCCCOC/C(C)=C/c2ccc(Cc3cccnc3)cc2)C1c1cccc([N+](=O)[O-])c1. The molecule has 3 aromatic rings. The molecule has 2 heterocycles. The average Bonchev–Trinajstić information content (AvgIpc) is 3.07. The van der Waals surface area contributed by atoms with Gasteiger partial charge < -0.3 is 19.5 Å². The fraction of sp³-hybridized carbons (Fsp3) is 0.342. The van der Waals surface area contributed by atoms with Crippen molar-refractivity contribution in [1.29, 1.82) is 0 Å². The maximum absolute atomic E-state index is 13.4. The van der Waals surface area contributed by atoms with Crippen LogP contribution in [0.1, 0.15) is 75.1 Å². The Morgan fingerprint density at radius 3 is 2.29 bits per heavy atom. The van der Waals surface area contributed by atoms with Gasteiger partial charge >= 0.3 is 11.9 Å². The number of esters is 2. The summed E-state index contributed by atoms with van der Waals surface area (Å²) in [6.07, 6.45) is 8.88. The van der Waals surface area contributed by atoms with Crippen LogP contribution in [0.3, 0.4) is 0 Å². The zero-order chi connectivity index (χ0) is 34.5. The van der Waals surface area contributed by atoms with Crippen molar-refractivity contribution in [3.05, 3.63) is 134 Å². The van der Waals surface area contributed by atoms with Crippen LogP contribution in [0.15, 0.2) is 101 Å². The minimum absolute atomic E-state index is 0.140. The Bertz CT molecular complexity index is 1680. The van der Waals surface area contributed by atoms with Gasteiger partial charge in [-0.1, -0.05) is 48.5 Å². The zero-order valence-corrected chi connectivity index (χ0v) is 28.0. The van der Waals surface area contributed by atoms with E-state index in [9.17, 15) is 19.7 Å². The molecule has 48 heavy (non-hydrogen) atoms. The second-order valence-corrected chi connectivity index (χ2v) is 11.7. The molecule has 0 saturated carbocycles. The Hall–Kier alpha value is -5.09. The summed E-state index contributed by atoms with van der Waals surface area (Å²) in [5.74, 6) is -2.07. The van der Waals surface area contributed by atoms with Crippen LogP contribution < -0.4 is 5.32 Å². The van der Waals surface area contributed by atoms with Gasteiger partial charge in [-0.15, -0.1) is 0 Å². The van der Waals surface area contributed by atoms with Crippen molar-refractivity contribution in [2.24, 2.45) is 0 Å². The molecular formula is C38H43N3O7. The summed E-state index contributed by atoms with van der Waals surface area (Å²) >= 11 is 0. The van der Waals surface area contributed by atoms with Crippen molar-refractivity contribution >= 4 is 23.7 Å². The molecule has 1 aliphatic rings. The van der Waals surface area contributed by atoms with Gasteiger partial charge in [0.15, 0.2) is 0 Å². The largest absolute Gasteiger partial charge is 0.463 e. The number of ether oxygens (including phenoxy) is 3. The van der Waals surface area contributed by atoms with E-state index in [1.54, 1.807) is 33.0 Å². The molecule has 1 atom stereocenters. The molecule has 1 N–H and O–H groups in total. The highest BCUT2D eigenvalue weighted by molar-refractivity contribution is 6.00. The Kier molecular flexibility index (Phi) is 13.2. The number of nitro benzene ring substituents is 1. The number of allylic oxidation sites excluding steroid dienone is 2. The first-order valence-electron chi connectivity index (χ1n) is 16.2. The quantitative estimate of drug-likeness (QED) is 0.0737. The Morgan fingerprint density at radius 2 is 1.62 bits per heavy atom. The molecule has 0 fully saturated rings. The lowest BCUT2D eigenvalue weighted by atomic mass is 9.80. The molecule has 2 aromatic carbocycles. The Labute approximate surface area is 281 Å². The van der Waals surface area contributed by atoms with Gasteiger partial charge in [0.25, 0.3) is 5.69 Å². The van der Waals surface area contributed by atoms with Crippen LogP contribution in [0, 0.1) is 10.1 Å². The van der Waals surface area contributed by atoms with Crippen molar-refractivity contribution < 1.29 is 28.7 Å². The molecule has 252 valence electrons. The van der Waals surface area contributed by atoms with Crippen LogP contribution in [0.4, 0.5) is 5.69 Å². The molecule has 4 rings (SSSR count). The van der Waals surface area contributed by atoms with Crippen molar-refractivity contribution in [3.63, 3.8) is 0 Å². The number of unbranched alkanes of at least 4 members (excludes halogenated alkanes) is 2. The monoisotopic (exact) mass is 653 g/mol. The van der Waals surface area contributed by atoms with Crippen molar-refractivity contribution in [2.45, 2.75) is 59.3 Å². The molecule has 0 bridgehead atoms. The van der Waals surface area contributed by atoms with E-state index in [1.165, 1.54) is 29.3 Å². The summed E-state index contributed by atoms with van der Waals surface area (Å²) in [6, 6.07) is 18.4. The normalized spacial score (nSPS) is 14.8. The van der Waals surface area contributed by atoms with Crippen molar-refractivity contribution in [1.82, 2.24) is 10.3 Å². The second kappa shape index (κ2) is 17.7. The molecule has 1 aromatic heterocycles. The topological polar surface area (TPSA) is 130 Å². The first kappa shape index (κ1) is 35.8. The van der Waals surface area contributed by atoms with Crippen LogP contribution >= 0.6 is 0 Å². The number of aromatic nitrogens is 1. The van der Waals surface area contributed by atoms with E-state index in [0.29, 0.717) is 36.6 Å². The van der Waals surface area contributed by atoms with Gasteiger partial charge in [-0.3, -0.25) is 15.1 Å². The van der Waals surface area contributed by atoms with E-state index in [2.05, 4.69) is 46.7 Å². The first-order valence-corrected chi connectivity index (χ1v) is 16.2. The summed E-state index contributed by atoms with van der Waals surface area (Å²) in [7, 11) is 0. The number of dihydropyridines is 1. The minimum atomic E-state index is -0.882. The number of carbonyl (C=O) groups is 2. The lowest BCUT2D eigenvalue weighted by Gasteiger charge is -2.30. The van der Waals surface area contributed by atoms with Gasteiger partial charge in [0, 0.05) is 42.5 Å². The third kappa shape index (κ3) is 9.95. The molecule has 1 aliphatic heterocycles. The van der Waals surface area contributed by atoms with E-state index in [4.69, 9.17) is 14.2 Å². The summed E-state index contributed by atoms with van der Waals surface area (Å²) in [5, 5.41) is 14.6. The van der Waals surface area contributed by atoms with Gasteiger partial charge in [0.2, 0.25) is 0 Å². The smallest absolute Gasteiger partial charge is 0.336 e. The van der Waals surface area contributed by atoms with Gasteiger partial charge in [-0.2, -0.15) is 0 Å². The highest BCUT2D eigenvalue weighted by Crippen LogP contribution is 2.40. The van der Waals surface area contributed by atoms with Crippen LogP contribution in [0.5, 0.6) is 0 Å². The predicted octanol–water partition coefficient (Wildman–Crippen LogP) is 7.21. The van der Waals surface area contributed by atoms with E-state index >= 15 is 0 Å². The van der Waals surface area contributed by atoms with Gasteiger partial charge in [0.1, 0.15) is 0 Å². The summed E-state index contributed by atoms with van der Waals surface area (Å²) < 4.78 is 16.8. The number of nitrogens with one attached hydrogen (secondary N) is 1. The van der Waals surface area contributed by atoms with Gasteiger partial charge in [0.05, 0.1) is 41.8 Å². The Morgan fingerprint density at radius 1 is 0.917 bits per heavy atom. The maximum Gasteiger partial charge on any atom is 0.336 e. The number of benzene rings is 2. The first-order chi connectivity index (χ1) is 23.2. The number of rotatable bonds is 16. The third-order valence-electron chi connectivity index (χ3n) is 7.91. The van der Waals surface area contributed by atoms with E-state index in [1.807, 2.05) is 19.2 Å². The number of pyridine rings is 1. The lowest BCUT2D eigenvalue weighted by molar-refractivity contribution is -0.384. The number of nitro groups is 1. The van der Waals surface area contributed by atoms with E-state index in [-0.39, 0.29) is 30.0 Å². The minimum Gasteiger partial charge on any atom is -0.463 e. The summed E-state index contributed by atoms with van der Waals surface area (Å²) in [6.45, 7) is 8.61. The van der Waals surface area contributed by atoms with Crippen LogP contribution in [0.2, 0.25) is 0 Å². The Balaban J connectivity index is 1.25. The molecule has 0 amide bonds. The molecule has 0 aliphatic carbocycles. The zero-order valence-electron chi connectivity index (χ0n) is 28.0. The van der Waals surface area contributed by atoms with Crippen LogP contribution in [-0.2, 0) is 30.2 Å². The third-order valence-corrected chi connectivity index (χ3v) is 7.91. The van der Waals surface area contributed by atoms with Crippen LogP contribution in [0.25, 0.3) is 6.08 Å². The average molecular weight is 654 g/mol. The standard InChI is InChI=1S/C38H43N3O7/c1-5-47-37(42)34-27(3)40-28(4)35(36(34)32-12-9-13-33(23-32)41(44)45)38(43)48-20-8-6-7-19-46-25-26(2)21-29-14-16-30(17-15-29)22-31-11-10-18-39-24-31/h9-18,21,23-24,36,40H,5-8,19-20,22,25H2,1-4H3/b26-21+. The highest BCUT2D eigenvalue weighted by Gasteiger charge is 2.38. The van der Waals surface area contributed by atoms with Gasteiger partial charge in [-0.25, -0.2) is 9.59 Å². The van der Waals surface area contributed by atoms with Crippen LogP contribution in [-0.4, -0.2) is 48.3 Å². The van der Waals surface area contributed by atoms with E-state index in [0.717, 1.165) is 30.4 Å². The van der Waals surface area contributed by atoms with E-state index < -0.39 is 22.8 Å². The highest BCUT2D eigenvalue weighted by atomic mass is 16.6. The lowest BCUT2D eigenvalue weighted by Crippen LogP contribution is -2.32. The number of hydrogen-bond donors (Lipinski definition) is 1. The number of non-ortho nitro benzene ring substituents is 1. The predicted molar refractivity (Wildman–Crippen MR) is 184 cm³/mol. The number of nitrogens with zero attached hydrogens (tertiary/aromatic N) is 2. The summed E-state index contributed by atoms with van der Waals surface area (Å²) in [4.78, 5) is 41.6. The summed E-state index contributed by atoms with van der Waals surface area (Å²) in [5.41, 5.74) is 6.41. The number of hydrogen-bond acceptors (Lipinski definition) is 9. The molecule has 0 radical (unpaired) electrons. The number of carbonyl (C=O) groups excluding carboxylic acids is 2. The second-order valence-electron chi connectivity index (χ2n) is 11.7. The molecule has 0 saturated heterocycles. The molecule has 10 heteroatoms.